The van der Waals surface area contributed by atoms with Gasteiger partial charge in [-0.2, -0.15) is 0 Å². The summed E-state index contributed by atoms with van der Waals surface area (Å²) in [5.74, 6) is -0.793. The molecule has 148 valence electrons. The Labute approximate surface area is 174 Å². The summed E-state index contributed by atoms with van der Waals surface area (Å²) in [6.07, 6.45) is 6.22. The molecule has 0 aliphatic heterocycles. The lowest BCUT2D eigenvalue weighted by atomic mass is 9.94. The van der Waals surface area contributed by atoms with E-state index in [0.29, 0.717) is 10.0 Å². The van der Waals surface area contributed by atoms with E-state index in [2.05, 4.69) is 15.9 Å². The Bertz CT molecular complexity index is 944. The fraction of sp³-hybridized carbons (Fsp3) is 0.318. The van der Waals surface area contributed by atoms with Crippen LogP contribution >= 0.6 is 15.9 Å². The fourth-order valence-corrected chi connectivity index (χ4v) is 5.79. The van der Waals surface area contributed by atoms with Crippen molar-refractivity contribution in [3.8, 4) is 0 Å². The van der Waals surface area contributed by atoms with Gasteiger partial charge in [-0.1, -0.05) is 42.3 Å². The summed E-state index contributed by atoms with van der Waals surface area (Å²) in [4.78, 5) is 12.7. The largest absolute Gasteiger partial charge is 0.453 e. The third-order valence-corrected chi connectivity index (χ3v) is 7.49. The van der Waals surface area contributed by atoms with Crippen molar-refractivity contribution >= 4 is 31.7 Å². The first-order valence-electron chi connectivity index (χ1n) is 9.38. The molecule has 1 unspecified atom stereocenters. The molecule has 0 bridgehead atoms. The molecule has 0 radical (unpaired) electrons. The van der Waals surface area contributed by atoms with Gasteiger partial charge in [0.05, 0.1) is 16.2 Å². The highest BCUT2D eigenvalue weighted by Crippen LogP contribution is 2.27. The fourth-order valence-electron chi connectivity index (χ4n) is 3.33. The second-order valence-electron chi connectivity index (χ2n) is 6.91. The van der Waals surface area contributed by atoms with Gasteiger partial charge < -0.3 is 4.74 Å². The van der Waals surface area contributed by atoms with Crippen LogP contribution in [0.15, 0.2) is 75.6 Å². The summed E-state index contributed by atoms with van der Waals surface area (Å²) < 4.78 is 32.1. The summed E-state index contributed by atoms with van der Waals surface area (Å²) in [5, 5.41) is 0. The minimum absolute atomic E-state index is 0.206. The third kappa shape index (κ3) is 5.55. The molecule has 6 heteroatoms. The third-order valence-electron chi connectivity index (χ3n) is 4.74. The van der Waals surface area contributed by atoms with Crippen molar-refractivity contribution in [1.82, 2.24) is 0 Å². The number of esters is 1. The number of carbonyl (C=O) groups excluding carboxylic acids is 1. The first-order chi connectivity index (χ1) is 13.5. The second kappa shape index (κ2) is 9.52. The van der Waals surface area contributed by atoms with Gasteiger partial charge in [0, 0.05) is 4.47 Å². The van der Waals surface area contributed by atoms with E-state index in [4.69, 9.17) is 4.74 Å². The van der Waals surface area contributed by atoms with Gasteiger partial charge in [0.15, 0.2) is 9.84 Å². The highest BCUT2D eigenvalue weighted by Gasteiger charge is 2.26. The van der Waals surface area contributed by atoms with E-state index in [1.54, 1.807) is 48.5 Å². The monoisotopic (exact) mass is 462 g/mol. The van der Waals surface area contributed by atoms with E-state index in [1.807, 2.05) is 12.1 Å². The second-order valence-corrected chi connectivity index (χ2v) is 9.76. The van der Waals surface area contributed by atoms with Crippen LogP contribution in [-0.2, 0) is 14.6 Å². The molecule has 0 heterocycles. The maximum atomic E-state index is 13.0. The maximum absolute atomic E-state index is 13.0. The molecule has 0 saturated heterocycles. The molecule has 2 aromatic rings. The summed E-state index contributed by atoms with van der Waals surface area (Å²) in [7, 11) is -3.64. The minimum atomic E-state index is -3.64. The molecule has 28 heavy (non-hydrogen) atoms. The Morgan fingerprint density at radius 1 is 1.00 bits per heavy atom. The van der Waals surface area contributed by atoms with Crippen LogP contribution in [0.1, 0.15) is 42.5 Å². The van der Waals surface area contributed by atoms with Gasteiger partial charge in [-0.15, -0.1) is 0 Å². The van der Waals surface area contributed by atoms with Crippen molar-refractivity contribution in [2.75, 3.05) is 5.75 Å². The summed E-state index contributed by atoms with van der Waals surface area (Å²) in [6, 6.07) is 15.3. The summed E-state index contributed by atoms with van der Waals surface area (Å²) in [5.41, 5.74) is 1.58. The van der Waals surface area contributed by atoms with Gasteiger partial charge in [-0.3, -0.25) is 0 Å². The normalized spacial score (nSPS) is 15.7. The molecule has 2 aromatic carbocycles. The van der Waals surface area contributed by atoms with Gasteiger partial charge in [0.25, 0.3) is 0 Å². The highest BCUT2D eigenvalue weighted by atomic mass is 79.9. The summed E-state index contributed by atoms with van der Waals surface area (Å²) in [6.45, 7) is 0. The van der Waals surface area contributed by atoms with Crippen LogP contribution in [0.3, 0.4) is 0 Å². The van der Waals surface area contributed by atoms with E-state index in [-0.39, 0.29) is 10.6 Å². The van der Waals surface area contributed by atoms with Gasteiger partial charge >= 0.3 is 5.97 Å². The zero-order valence-corrected chi connectivity index (χ0v) is 17.9. The molecular formula is C22H23BrO4S. The molecule has 4 nitrogen and oxygen atoms in total. The van der Waals surface area contributed by atoms with E-state index < -0.39 is 21.9 Å². The zero-order valence-electron chi connectivity index (χ0n) is 15.5. The van der Waals surface area contributed by atoms with Crippen LogP contribution in [0, 0.1) is 0 Å². The first kappa shape index (κ1) is 20.8. The topological polar surface area (TPSA) is 60.4 Å². The number of sulfone groups is 1. The number of halogens is 1. The average molecular weight is 463 g/mol. The van der Waals surface area contributed by atoms with Crippen molar-refractivity contribution in [3.63, 3.8) is 0 Å². The quantitative estimate of drug-likeness (QED) is 0.429. The smallest absolute Gasteiger partial charge is 0.338 e. The standard InChI is InChI=1S/C22H23BrO4S/c23-20-13-7-8-14-21(20)28(25,26)16-19(15-17-9-3-1-4-10-17)27-22(24)18-11-5-2-6-12-18/h2,5-8,11-15,19H,1,3-4,9-10,16H2. The lowest BCUT2D eigenvalue weighted by Gasteiger charge is -2.19. The van der Waals surface area contributed by atoms with E-state index in [1.165, 1.54) is 12.0 Å². The van der Waals surface area contributed by atoms with Gasteiger partial charge in [-0.25, -0.2) is 13.2 Å². The molecule has 0 spiro atoms. The number of benzene rings is 2. The summed E-state index contributed by atoms with van der Waals surface area (Å²) >= 11 is 3.31. The SMILES string of the molecule is O=C(OC(C=C1CCCCC1)CS(=O)(=O)c1ccccc1Br)c1ccccc1. The number of hydrogen-bond donors (Lipinski definition) is 0. The highest BCUT2D eigenvalue weighted by molar-refractivity contribution is 9.10. The molecule has 0 amide bonds. The van der Waals surface area contributed by atoms with Crippen molar-refractivity contribution in [3.05, 3.63) is 76.3 Å². The average Bonchev–Trinajstić information content (AvgIpc) is 2.69. The van der Waals surface area contributed by atoms with Crippen molar-refractivity contribution in [2.45, 2.75) is 43.1 Å². The molecule has 3 rings (SSSR count). The van der Waals surface area contributed by atoms with Crippen molar-refractivity contribution in [1.29, 1.82) is 0 Å². The molecule has 1 aliphatic rings. The van der Waals surface area contributed by atoms with E-state index in [0.717, 1.165) is 25.7 Å². The van der Waals surface area contributed by atoms with Gasteiger partial charge in [-0.05, 0) is 72.0 Å². The molecular weight excluding hydrogens is 440 g/mol. The number of rotatable bonds is 6. The number of carbonyl (C=O) groups is 1. The van der Waals surface area contributed by atoms with Crippen LogP contribution in [0.2, 0.25) is 0 Å². The predicted molar refractivity (Wildman–Crippen MR) is 113 cm³/mol. The predicted octanol–water partition coefficient (Wildman–Crippen LogP) is 5.34. The first-order valence-corrected chi connectivity index (χ1v) is 11.8. The minimum Gasteiger partial charge on any atom is -0.453 e. The molecule has 1 aliphatic carbocycles. The molecule has 1 fully saturated rings. The van der Waals surface area contributed by atoms with Crippen LogP contribution in [0.4, 0.5) is 0 Å². The Morgan fingerprint density at radius 2 is 1.64 bits per heavy atom. The van der Waals surface area contributed by atoms with Crippen LogP contribution in [0.25, 0.3) is 0 Å². The number of hydrogen-bond acceptors (Lipinski definition) is 4. The molecule has 1 atom stereocenters. The lowest BCUT2D eigenvalue weighted by molar-refractivity contribution is 0.0427. The van der Waals surface area contributed by atoms with Crippen LogP contribution in [-0.4, -0.2) is 26.2 Å². The van der Waals surface area contributed by atoms with Gasteiger partial charge in [0.2, 0.25) is 0 Å². The lowest BCUT2D eigenvalue weighted by Crippen LogP contribution is -2.26. The molecule has 1 saturated carbocycles. The Morgan fingerprint density at radius 3 is 2.32 bits per heavy atom. The Kier molecular flexibility index (Phi) is 7.08. The van der Waals surface area contributed by atoms with Crippen LogP contribution < -0.4 is 0 Å². The molecule has 0 aromatic heterocycles. The van der Waals surface area contributed by atoms with E-state index >= 15 is 0 Å². The Hall–Kier alpha value is -1.92. The van der Waals surface area contributed by atoms with Crippen molar-refractivity contribution < 1.29 is 17.9 Å². The van der Waals surface area contributed by atoms with Crippen molar-refractivity contribution in [2.24, 2.45) is 0 Å². The van der Waals surface area contributed by atoms with Gasteiger partial charge in [0.1, 0.15) is 6.10 Å². The van der Waals surface area contributed by atoms with Crippen LogP contribution in [0.5, 0.6) is 0 Å². The maximum Gasteiger partial charge on any atom is 0.338 e. The number of allylic oxidation sites excluding steroid dienone is 1. The molecule has 0 N–H and O–H groups in total. The van der Waals surface area contributed by atoms with E-state index in [9.17, 15) is 13.2 Å². The number of ether oxygens (including phenoxy) is 1. The zero-order chi connectivity index (χ0) is 20.0. The Balaban J connectivity index is 1.85.